The van der Waals surface area contributed by atoms with Gasteiger partial charge in [0.05, 0.1) is 23.2 Å². The van der Waals surface area contributed by atoms with Crippen molar-refractivity contribution in [3.63, 3.8) is 0 Å². The van der Waals surface area contributed by atoms with Crippen molar-refractivity contribution in [1.82, 2.24) is 10.3 Å². The Balaban J connectivity index is 1.80. The number of halogens is 3. The van der Waals surface area contributed by atoms with Gasteiger partial charge in [-0.25, -0.2) is 0 Å². The van der Waals surface area contributed by atoms with Crippen molar-refractivity contribution >= 4 is 17.2 Å². The lowest BCUT2D eigenvalue weighted by molar-refractivity contribution is -0.137. The van der Waals surface area contributed by atoms with E-state index in [1.54, 1.807) is 6.07 Å². The predicted molar refractivity (Wildman–Crippen MR) is 98.2 cm³/mol. The summed E-state index contributed by atoms with van der Waals surface area (Å²) in [6, 6.07) is 8.11. The molecule has 8 heteroatoms. The van der Waals surface area contributed by atoms with Crippen molar-refractivity contribution in [2.75, 3.05) is 18.4 Å². The van der Waals surface area contributed by atoms with Crippen LogP contribution in [-0.2, 0) is 17.4 Å². The molecule has 2 heterocycles. The first-order valence-electron chi connectivity index (χ1n) is 8.63. The van der Waals surface area contributed by atoms with E-state index in [9.17, 15) is 23.2 Å². The van der Waals surface area contributed by atoms with E-state index in [1.165, 1.54) is 18.3 Å². The SMILES string of the molecule is N#Cc1c(CC(=O)Nc2cccc(C(F)(F)F)c2)ccnc1C1=CCNCC1. The van der Waals surface area contributed by atoms with Crippen molar-refractivity contribution in [3.8, 4) is 6.07 Å². The van der Waals surface area contributed by atoms with E-state index in [2.05, 4.69) is 21.7 Å². The van der Waals surface area contributed by atoms with Gasteiger partial charge in [0.15, 0.2) is 0 Å². The number of nitrogens with zero attached hydrogens (tertiary/aromatic N) is 2. The number of nitriles is 1. The zero-order valence-corrected chi connectivity index (χ0v) is 14.8. The first-order valence-corrected chi connectivity index (χ1v) is 8.63. The minimum Gasteiger partial charge on any atom is -0.326 e. The van der Waals surface area contributed by atoms with E-state index >= 15 is 0 Å². The Morgan fingerprint density at radius 3 is 2.82 bits per heavy atom. The van der Waals surface area contributed by atoms with Crippen LogP contribution >= 0.6 is 0 Å². The second-order valence-corrected chi connectivity index (χ2v) is 6.29. The molecule has 3 rings (SSSR count). The van der Waals surface area contributed by atoms with Gasteiger partial charge in [-0.2, -0.15) is 18.4 Å². The van der Waals surface area contributed by atoms with Crippen LogP contribution in [0.15, 0.2) is 42.6 Å². The molecular weight excluding hydrogens is 369 g/mol. The number of rotatable bonds is 4. The number of aromatic nitrogens is 1. The van der Waals surface area contributed by atoms with Crippen LogP contribution in [0.25, 0.3) is 5.57 Å². The van der Waals surface area contributed by atoms with Crippen molar-refractivity contribution in [3.05, 3.63) is 65.0 Å². The molecule has 2 aromatic rings. The molecule has 0 aliphatic carbocycles. The van der Waals surface area contributed by atoms with Crippen LogP contribution < -0.4 is 10.6 Å². The van der Waals surface area contributed by atoms with Crippen LogP contribution in [0.5, 0.6) is 0 Å². The summed E-state index contributed by atoms with van der Waals surface area (Å²) in [7, 11) is 0. The maximum atomic E-state index is 12.8. The van der Waals surface area contributed by atoms with Gasteiger partial charge < -0.3 is 10.6 Å². The summed E-state index contributed by atoms with van der Waals surface area (Å²) in [5, 5.41) is 15.2. The maximum absolute atomic E-state index is 12.8. The zero-order chi connectivity index (χ0) is 20.1. The molecule has 0 fully saturated rings. The summed E-state index contributed by atoms with van der Waals surface area (Å²) in [5.41, 5.74) is 1.50. The highest BCUT2D eigenvalue weighted by Gasteiger charge is 2.30. The number of alkyl halides is 3. The van der Waals surface area contributed by atoms with Crippen LogP contribution in [0.3, 0.4) is 0 Å². The van der Waals surface area contributed by atoms with Gasteiger partial charge in [-0.15, -0.1) is 0 Å². The Morgan fingerprint density at radius 2 is 2.14 bits per heavy atom. The molecule has 0 atom stereocenters. The molecule has 0 unspecified atom stereocenters. The summed E-state index contributed by atoms with van der Waals surface area (Å²) in [6.07, 6.45) is -0.413. The molecule has 5 nitrogen and oxygen atoms in total. The Morgan fingerprint density at radius 1 is 1.32 bits per heavy atom. The Labute approximate surface area is 159 Å². The highest BCUT2D eigenvalue weighted by Crippen LogP contribution is 2.30. The molecule has 0 radical (unpaired) electrons. The number of hydrogen-bond donors (Lipinski definition) is 2. The Kier molecular flexibility index (Phi) is 5.76. The third-order valence-electron chi connectivity index (χ3n) is 4.34. The topological polar surface area (TPSA) is 77.8 Å². The molecule has 2 N–H and O–H groups in total. The van der Waals surface area contributed by atoms with Crippen LogP contribution in [0.2, 0.25) is 0 Å². The maximum Gasteiger partial charge on any atom is 0.416 e. The van der Waals surface area contributed by atoms with Crippen molar-refractivity contribution in [2.24, 2.45) is 0 Å². The summed E-state index contributed by atoms with van der Waals surface area (Å²) >= 11 is 0. The second kappa shape index (κ2) is 8.23. The molecule has 1 aromatic carbocycles. The smallest absolute Gasteiger partial charge is 0.326 e. The van der Waals surface area contributed by atoms with Gasteiger partial charge in [0.1, 0.15) is 6.07 Å². The summed E-state index contributed by atoms with van der Waals surface area (Å²) in [4.78, 5) is 16.6. The molecule has 1 aromatic heterocycles. The molecule has 0 saturated heterocycles. The van der Waals surface area contributed by atoms with Gasteiger partial charge in [-0.1, -0.05) is 12.1 Å². The van der Waals surface area contributed by atoms with Crippen LogP contribution in [0.1, 0.15) is 28.8 Å². The summed E-state index contributed by atoms with van der Waals surface area (Å²) in [5.74, 6) is -0.507. The molecule has 1 aliphatic rings. The third-order valence-corrected chi connectivity index (χ3v) is 4.34. The van der Waals surface area contributed by atoms with E-state index in [4.69, 9.17) is 0 Å². The quantitative estimate of drug-likeness (QED) is 0.843. The fourth-order valence-corrected chi connectivity index (χ4v) is 3.01. The number of carbonyl (C=O) groups excluding carboxylic acids is 1. The van der Waals surface area contributed by atoms with E-state index in [0.717, 1.165) is 30.7 Å². The lowest BCUT2D eigenvalue weighted by atomic mass is 9.96. The number of anilines is 1. The van der Waals surface area contributed by atoms with Crippen LogP contribution in [0, 0.1) is 11.3 Å². The van der Waals surface area contributed by atoms with E-state index in [1.807, 2.05) is 6.08 Å². The van der Waals surface area contributed by atoms with Gasteiger partial charge in [-0.05, 0) is 48.4 Å². The summed E-state index contributed by atoms with van der Waals surface area (Å²) in [6.45, 7) is 1.46. The van der Waals surface area contributed by atoms with E-state index < -0.39 is 17.6 Å². The normalized spacial score (nSPS) is 14.1. The van der Waals surface area contributed by atoms with Gasteiger partial charge >= 0.3 is 6.18 Å². The lowest BCUT2D eigenvalue weighted by Gasteiger charge is -2.16. The molecule has 144 valence electrons. The number of nitrogens with one attached hydrogen (secondary N) is 2. The molecule has 1 amide bonds. The zero-order valence-electron chi connectivity index (χ0n) is 14.8. The predicted octanol–water partition coefficient (Wildman–Crippen LogP) is 3.53. The highest BCUT2D eigenvalue weighted by atomic mass is 19.4. The van der Waals surface area contributed by atoms with Crippen LogP contribution in [-0.4, -0.2) is 24.0 Å². The minimum atomic E-state index is -4.49. The first-order chi connectivity index (χ1) is 13.4. The number of amides is 1. The van der Waals surface area contributed by atoms with E-state index in [0.29, 0.717) is 23.4 Å². The average Bonchev–Trinajstić information content (AvgIpc) is 2.68. The second-order valence-electron chi connectivity index (χ2n) is 6.29. The van der Waals surface area contributed by atoms with Crippen molar-refractivity contribution in [1.29, 1.82) is 5.26 Å². The lowest BCUT2D eigenvalue weighted by Crippen LogP contribution is -2.21. The standard InChI is InChI=1S/C20H17F3N4O/c21-20(22,23)15-2-1-3-16(11-15)27-18(28)10-14-6-9-26-19(17(14)12-24)13-4-7-25-8-5-13/h1-4,6,9,11,25H,5,7-8,10H2,(H,27,28). The monoisotopic (exact) mass is 386 g/mol. The Bertz CT molecular complexity index is 961. The summed E-state index contributed by atoms with van der Waals surface area (Å²) < 4.78 is 38.4. The van der Waals surface area contributed by atoms with Gasteiger partial charge in [0.2, 0.25) is 5.91 Å². The Hall–Kier alpha value is -3.18. The van der Waals surface area contributed by atoms with Gasteiger partial charge in [-0.3, -0.25) is 9.78 Å². The van der Waals surface area contributed by atoms with Crippen molar-refractivity contribution < 1.29 is 18.0 Å². The molecule has 0 saturated carbocycles. The fraction of sp³-hybridized carbons (Fsp3) is 0.250. The molecule has 28 heavy (non-hydrogen) atoms. The number of carbonyl (C=O) groups is 1. The molecule has 0 spiro atoms. The largest absolute Gasteiger partial charge is 0.416 e. The number of pyridine rings is 1. The van der Waals surface area contributed by atoms with Crippen molar-refractivity contribution in [2.45, 2.75) is 19.0 Å². The number of hydrogen-bond acceptors (Lipinski definition) is 4. The highest BCUT2D eigenvalue weighted by molar-refractivity contribution is 5.93. The molecular formula is C20H17F3N4O. The molecule has 0 bridgehead atoms. The van der Waals surface area contributed by atoms with Gasteiger partial charge in [0.25, 0.3) is 0 Å². The third kappa shape index (κ3) is 4.56. The van der Waals surface area contributed by atoms with Gasteiger partial charge in [0, 0.05) is 18.4 Å². The first kappa shape index (κ1) is 19.6. The van der Waals surface area contributed by atoms with E-state index in [-0.39, 0.29) is 12.1 Å². The fourth-order valence-electron chi connectivity index (χ4n) is 3.01. The number of benzene rings is 1. The van der Waals surface area contributed by atoms with Crippen LogP contribution in [0.4, 0.5) is 18.9 Å². The molecule has 1 aliphatic heterocycles. The minimum absolute atomic E-state index is 0.0497. The average molecular weight is 386 g/mol.